The number of rotatable bonds is 1. The Kier molecular flexibility index (Phi) is 1.48. The van der Waals surface area contributed by atoms with Gasteiger partial charge < -0.3 is 4.84 Å². The van der Waals surface area contributed by atoms with Crippen molar-refractivity contribution in [1.29, 1.82) is 0 Å². The topological polar surface area (TPSA) is 38.7 Å². The molecule has 0 atom stereocenters. The van der Waals surface area contributed by atoms with E-state index in [9.17, 15) is 4.79 Å². The van der Waals surface area contributed by atoms with Crippen LogP contribution in [0, 0.1) is 0 Å². The van der Waals surface area contributed by atoms with Crippen LogP contribution in [0.15, 0.2) is 5.16 Å². The standard InChI is InChI=1S/C4H4ClNO2/c5-2-3-1-4(7)8-6-3/h1-2H2. The molecule has 0 aromatic heterocycles. The minimum absolute atomic E-state index is 0.253. The average Bonchev–Trinajstić information content (AvgIpc) is 2.14. The first-order valence-electron chi connectivity index (χ1n) is 2.14. The van der Waals surface area contributed by atoms with Crippen LogP contribution in [-0.4, -0.2) is 17.6 Å². The first kappa shape index (κ1) is 5.56. The number of halogens is 1. The Morgan fingerprint density at radius 2 is 2.62 bits per heavy atom. The number of nitrogens with zero attached hydrogens (tertiary/aromatic N) is 1. The molecule has 0 N–H and O–H groups in total. The smallest absolute Gasteiger partial charge is 0.318 e. The Morgan fingerprint density at radius 3 is 2.88 bits per heavy atom. The third kappa shape index (κ3) is 0.980. The maximum Gasteiger partial charge on any atom is 0.340 e. The lowest BCUT2D eigenvalue weighted by Crippen LogP contribution is -1.98. The molecular formula is C4H4ClNO2. The van der Waals surface area contributed by atoms with Crippen LogP contribution in [0.4, 0.5) is 0 Å². The van der Waals surface area contributed by atoms with E-state index in [1.807, 2.05) is 0 Å². The molecule has 1 aliphatic rings. The van der Waals surface area contributed by atoms with Crippen molar-refractivity contribution >= 4 is 23.3 Å². The van der Waals surface area contributed by atoms with Gasteiger partial charge in [-0.3, -0.25) is 0 Å². The van der Waals surface area contributed by atoms with Crippen LogP contribution < -0.4 is 0 Å². The van der Waals surface area contributed by atoms with Gasteiger partial charge in [-0.05, 0) is 0 Å². The zero-order chi connectivity index (χ0) is 5.98. The van der Waals surface area contributed by atoms with E-state index < -0.39 is 0 Å². The molecule has 1 rings (SSSR count). The molecule has 1 aliphatic heterocycles. The monoisotopic (exact) mass is 133 g/mol. The molecule has 0 saturated heterocycles. The van der Waals surface area contributed by atoms with E-state index in [4.69, 9.17) is 11.6 Å². The van der Waals surface area contributed by atoms with Crippen LogP contribution in [0.25, 0.3) is 0 Å². The molecule has 0 aliphatic carbocycles. The van der Waals surface area contributed by atoms with Crippen molar-refractivity contribution in [2.24, 2.45) is 5.16 Å². The van der Waals surface area contributed by atoms with Crippen molar-refractivity contribution in [3.05, 3.63) is 0 Å². The van der Waals surface area contributed by atoms with Crippen molar-refractivity contribution in [2.75, 3.05) is 5.88 Å². The Morgan fingerprint density at radius 1 is 1.88 bits per heavy atom. The number of carbonyl (C=O) groups is 1. The van der Waals surface area contributed by atoms with Gasteiger partial charge in [-0.1, -0.05) is 5.16 Å². The van der Waals surface area contributed by atoms with Gasteiger partial charge in [0.05, 0.1) is 18.0 Å². The minimum Gasteiger partial charge on any atom is -0.318 e. The summed E-state index contributed by atoms with van der Waals surface area (Å²) in [5.41, 5.74) is 0.608. The van der Waals surface area contributed by atoms with Gasteiger partial charge >= 0.3 is 5.97 Å². The number of oxime groups is 1. The molecule has 44 valence electrons. The summed E-state index contributed by atoms with van der Waals surface area (Å²) in [6.45, 7) is 0. The predicted molar refractivity (Wildman–Crippen MR) is 28.9 cm³/mol. The van der Waals surface area contributed by atoms with Crippen molar-refractivity contribution in [3.63, 3.8) is 0 Å². The number of alkyl halides is 1. The fourth-order valence-corrected chi connectivity index (χ4v) is 0.562. The molecule has 4 heteroatoms. The largest absolute Gasteiger partial charge is 0.340 e. The van der Waals surface area contributed by atoms with Crippen LogP contribution in [-0.2, 0) is 9.63 Å². The van der Waals surface area contributed by atoms with Gasteiger partial charge in [0.2, 0.25) is 0 Å². The second-order valence-electron chi connectivity index (χ2n) is 1.43. The van der Waals surface area contributed by atoms with E-state index in [1.54, 1.807) is 0 Å². The van der Waals surface area contributed by atoms with Gasteiger partial charge in [-0.15, -0.1) is 11.6 Å². The maximum atomic E-state index is 10.2. The summed E-state index contributed by atoms with van der Waals surface area (Å²) in [5.74, 6) is -0.0354. The summed E-state index contributed by atoms with van der Waals surface area (Å²) in [6, 6.07) is 0. The summed E-state index contributed by atoms with van der Waals surface area (Å²) < 4.78 is 0. The molecule has 0 unspecified atom stereocenters. The van der Waals surface area contributed by atoms with Crippen LogP contribution >= 0.6 is 11.6 Å². The molecule has 0 amide bonds. The van der Waals surface area contributed by atoms with E-state index in [1.165, 1.54) is 0 Å². The summed E-state index contributed by atoms with van der Waals surface area (Å²) in [7, 11) is 0. The summed E-state index contributed by atoms with van der Waals surface area (Å²) in [5, 5.41) is 3.37. The molecule has 0 radical (unpaired) electrons. The normalized spacial score (nSPS) is 18.1. The summed E-state index contributed by atoms with van der Waals surface area (Å²) in [4.78, 5) is 14.4. The van der Waals surface area contributed by atoms with Gasteiger partial charge in [0.1, 0.15) is 0 Å². The van der Waals surface area contributed by atoms with Gasteiger partial charge in [0, 0.05) is 0 Å². The van der Waals surface area contributed by atoms with Crippen LogP contribution in [0.1, 0.15) is 6.42 Å². The van der Waals surface area contributed by atoms with E-state index in [0.717, 1.165) is 0 Å². The first-order chi connectivity index (χ1) is 3.83. The molecule has 0 spiro atoms. The molecule has 1 heterocycles. The van der Waals surface area contributed by atoms with Crippen LogP contribution in [0.3, 0.4) is 0 Å². The van der Waals surface area contributed by atoms with E-state index in [-0.39, 0.29) is 18.3 Å². The van der Waals surface area contributed by atoms with E-state index in [0.29, 0.717) is 5.71 Å². The maximum absolute atomic E-state index is 10.2. The fourth-order valence-electron chi connectivity index (χ4n) is 0.418. The highest BCUT2D eigenvalue weighted by molar-refractivity contribution is 6.30. The fraction of sp³-hybridized carbons (Fsp3) is 0.500. The lowest BCUT2D eigenvalue weighted by atomic mass is 10.3. The van der Waals surface area contributed by atoms with E-state index >= 15 is 0 Å². The van der Waals surface area contributed by atoms with Gasteiger partial charge in [-0.25, -0.2) is 4.79 Å². The first-order valence-corrected chi connectivity index (χ1v) is 2.68. The zero-order valence-electron chi connectivity index (χ0n) is 4.06. The lowest BCUT2D eigenvalue weighted by Gasteiger charge is -1.78. The van der Waals surface area contributed by atoms with Crippen molar-refractivity contribution in [1.82, 2.24) is 0 Å². The highest BCUT2D eigenvalue weighted by Gasteiger charge is 2.15. The molecule has 8 heavy (non-hydrogen) atoms. The Labute approximate surface area is 51.3 Å². The third-order valence-corrected chi connectivity index (χ3v) is 1.09. The highest BCUT2D eigenvalue weighted by atomic mass is 35.5. The molecule has 0 aromatic rings. The number of hydrogen-bond donors (Lipinski definition) is 0. The molecule has 0 fully saturated rings. The van der Waals surface area contributed by atoms with Crippen molar-refractivity contribution in [3.8, 4) is 0 Å². The second-order valence-corrected chi connectivity index (χ2v) is 1.70. The Hall–Kier alpha value is -0.570. The van der Waals surface area contributed by atoms with Gasteiger partial charge in [-0.2, -0.15) is 0 Å². The molecule has 3 nitrogen and oxygen atoms in total. The second kappa shape index (κ2) is 2.13. The summed E-state index contributed by atoms with van der Waals surface area (Å²) >= 11 is 5.31. The number of carbonyl (C=O) groups excluding carboxylic acids is 1. The lowest BCUT2D eigenvalue weighted by molar-refractivity contribution is -0.140. The quantitative estimate of drug-likeness (QED) is 0.387. The summed E-state index contributed by atoms with van der Waals surface area (Å²) in [6.07, 6.45) is 0.253. The van der Waals surface area contributed by atoms with Gasteiger partial charge in [0.15, 0.2) is 0 Å². The predicted octanol–water partition coefficient (Wildman–Crippen LogP) is 0.528. The zero-order valence-corrected chi connectivity index (χ0v) is 4.81. The van der Waals surface area contributed by atoms with Crippen molar-refractivity contribution in [2.45, 2.75) is 6.42 Å². The SMILES string of the molecule is O=C1CC(CCl)=NO1. The van der Waals surface area contributed by atoms with Gasteiger partial charge in [0.25, 0.3) is 0 Å². The van der Waals surface area contributed by atoms with Crippen LogP contribution in [0.2, 0.25) is 0 Å². The van der Waals surface area contributed by atoms with E-state index in [2.05, 4.69) is 9.99 Å². The highest BCUT2D eigenvalue weighted by Crippen LogP contribution is 2.02. The Balaban J connectivity index is 2.49. The average molecular weight is 134 g/mol. The molecule has 0 aromatic carbocycles. The van der Waals surface area contributed by atoms with Crippen LogP contribution in [0.5, 0.6) is 0 Å². The number of hydrogen-bond acceptors (Lipinski definition) is 3. The minimum atomic E-state index is -0.319. The molecule has 0 saturated carbocycles. The molecule has 0 bridgehead atoms. The third-order valence-electron chi connectivity index (χ3n) is 0.779. The van der Waals surface area contributed by atoms with Crippen molar-refractivity contribution < 1.29 is 9.63 Å². The Bertz CT molecular complexity index is 143. The molecular weight excluding hydrogens is 130 g/mol.